The quantitative estimate of drug-likeness (QED) is 0.165. The highest BCUT2D eigenvalue weighted by molar-refractivity contribution is 7.26. The molecule has 0 saturated carbocycles. The lowest BCUT2D eigenvalue weighted by Gasteiger charge is -2.26. The van der Waals surface area contributed by atoms with Crippen LogP contribution in [-0.2, 0) is 0 Å². The predicted octanol–water partition coefficient (Wildman–Crippen LogP) is 15.2. The van der Waals surface area contributed by atoms with E-state index in [-0.39, 0.29) is 5.82 Å². The zero-order valence-electron chi connectivity index (χ0n) is 30.2. The molecule has 0 amide bonds. The fraction of sp³-hybridized carbons (Fsp3) is 0. The van der Waals surface area contributed by atoms with E-state index >= 15 is 0 Å². The van der Waals surface area contributed by atoms with E-state index < -0.39 is 0 Å². The maximum atomic E-state index is 14.6. The Balaban J connectivity index is 1.05. The second-order valence-electron chi connectivity index (χ2n) is 14.3. The largest absolute Gasteiger partial charge is 0.310 e. The van der Waals surface area contributed by atoms with Gasteiger partial charge in [0.25, 0.3) is 0 Å². The summed E-state index contributed by atoms with van der Waals surface area (Å²) in [4.78, 5) is 2.32. The van der Waals surface area contributed by atoms with E-state index in [1.165, 1.54) is 47.6 Å². The fourth-order valence-electron chi connectivity index (χ4n) is 8.38. The third-order valence-electron chi connectivity index (χ3n) is 11.0. The van der Waals surface area contributed by atoms with E-state index in [2.05, 4.69) is 179 Å². The molecule has 0 bridgehead atoms. The van der Waals surface area contributed by atoms with Gasteiger partial charge < -0.3 is 9.47 Å². The number of fused-ring (bicyclic) bond motifs is 7. The summed E-state index contributed by atoms with van der Waals surface area (Å²) in [5.41, 5.74) is 10.9. The van der Waals surface area contributed by atoms with Crippen molar-refractivity contribution in [2.24, 2.45) is 0 Å². The Morgan fingerprint density at radius 3 is 1.91 bits per heavy atom. The van der Waals surface area contributed by atoms with Crippen molar-refractivity contribution in [1.82, 2.24) is 4.57 Å². The first-order valence-electron chi connectivity index (χ1n) is 18.9. The van der Waals surface area contributed by atoms with Crippen LogP contribution in [0.15, 0.2) is 200 Å². The van der Waals surface area contributed by atoms with Gasteiger partial charge in [-0.1, -0.05) is 121 Å². The van der Waals surface area contributed by atoms with Gasteiger partial charge in [0.05, 0.1) is 11.0 Å². The number of thiophene rings is 1. The number of nitrogens with zero attached hydrogens (tertiary/aromatic N) is 2. The minimum absolute atomic E-state index is 0.237. The van der Waals surface area contributed by atoms with Crippen LogP contribution < -0.4 is 4.90 Å². The van der Waals surface area contributed by atoms with E-state index in [0.717, 1.165) is 50.1 Å². The number of rotatable bonds is 6. The average Bonchev–Trinajstić information content (AvgIpc) is 3.80. The van der Waals surface area contributed by atoms with E-state index in [9.17, 15) is 4.39 Å². The molecule has 0 unspecified atom stereocenters. The predicted molar refractivity (Wildman–Crippen MR) is 237 cm³/mol. The van der Waals surface area contributed by atoms with Gasteiger partial charge in [0.1, 0.15) is 5.82 Å². The first-order valence-corrected chi connectivity index (χ1v) is 19.7. The summed E-state index contributed by atoms with van der Waals surface area (Å²) in [7, 11) is 0. The third kappa shape index (κ3) is 5.37. The first-order chi connectivity index (χ1) is 27.7. The highest BCUT2D eigenvalue weighted by atomic mass is 32.1. The number of para-hydroxylation sites is 1. The minimum Gasteiger partial charge on any atom is -0.310 e. The third-order valence-corrected chi connectivity index (χ3v) is 12.2. The van der Waals surface area contributed by atoms with Crippen LogP contribution in [0.3, 0.4) is 0 Å². The highest BCUT2D eigenvalue weighted by Crippen LogP contribution is 2.42. The number of hydrogen-bond donors (Lipinski definition) is 0. The van der Waals surface area contributed by atoms with Gasteiger partial charge >= 0.3 is 0 Å². The van der Waals surface area contributed by atoms with Crippen molar-refractivity contribution in [3.05, 3.63) is 206 Å². The normalized spacial score (nSPS) is 11.7. The Bertz CT molecular complexity index is 3270. The Hall–Kier alpha value is -7.01. The van der Waals surface area contributed by atoms with Gasteiger partial charge in [0.15, 0.2) is 0 Å². The summed E-state index contributed by atoms with van der Waals surface area (Å²) in [5.74, 6) is -0.237. The van der Waals surface area contributed by atoms with Gasteiger partial charge in [-0.25, -0.2) is 4.39 Å². The molecule has 11 rings (SSSR count). The van der Waals surface area contributed by atoms with Crippen molar-refractivity contribution in [1.29, 1.82) is 0 Å². The van der Waals surface area contributed by atoms with Crippen LogP contribution in [0, 0.1) is 5.82 Å². The molecule has 0 saturated heterocycles. The maximum Gasteiger partial charge on any atom is 0.123 e. The molecular weight excluding hydrogens is 704 g/mol. The Kier molecular flexibility index (Phi) is 7.58. The van der Waals surface area contributed by atoms with Gasteiger partial charge in [-0.05, 0) is 112 Å². The van der Waals surface area contributed by atoms with Gasteiger partial charge in [-0.3, -0.25) is 0 Å². The van der Waals surface area contributed by atoms with Gasteiger partial charge in [0, 0.05) is 53.7 Å². The molecule has 0 fully saturated rings. The van der Waals surface area contributed by atoms with E-state index in [4.69, 9.17) is 0 Å². The summed E-state index contributed by atoms with van der Waals surface area (Å²) in [5, 5.41) is 6.99. The van der Waals surface area contributed by atoms with Crippen molar-refractivity contribution in [2.45, 2.75) is 0 Å². The van der Waals surface area contributed by atoms with Crippen LogP contribution in [0.1, 0.15) is 0 Å². The summed E-state index contributed by atoms with van der Waals surface area (Å²) in [6, 6.07) is 70.2. The summed E-state index contributed by atoms with van der Waals surface area (Å²) in [6.45, 7) is 0. The zero-order valence-corrected chi connectivity index (χ0v) is 31.0. The van der Waals surface area contributed by atoms with Crippen LogP contribution in [-0.4, -0.2) is 4.57 Å². The van der Waals surface area contributed by atoms with Crippen LogP contribution in [0.5, 0.6) is 0 Å². The number of hydrogen-bond acceptors (Lipinski definition) is 2. The second kappa shape index (κ2) is 13.1. The van der Waals surface area contributed by atoms with Gasteiger partial charge in [0.2, 0.25) is 0 Å². The summed E-state index contributed by atoms with van der Waals surface area (Å²) >= 11 is 1.86. The molecule has 2 nitrogen and oxygen atoms in total. The fourth-order valence-corrected chi connectivity index (χ4v) is 9.62. The van der Waals surface area contributed by atoms with Gasteiger partial charge in [-0.15, -0.1) is 11.3 Å². The van der Waals surface area contributed by atoms with Crippen molar-refractivity contribution in [3.63, 3.8) is 0 Å². The molecule has 2 aromatic heterocycles. The molecule has 9 aromatic carbocycles. The van der Waals surface area contributed by atoms with Crippen LogP contribution in [0.2, 0.25) is 0 Å². The topological polar surface area (TPSA) is 8.17 Å². The first kappa shape index (κ1) is 32.4. The second-order valence-corrected chi connectivity index (χ2v) is 15.4. The number of aromatic nitrogens is 1. The number of benzene rings is 9. The standard InChI is InChI=1S/C52H33FN2S/c53-39-25-30-50-48(32-39)45-13-3-5-17-49(45)55(50)43-12-7-11-42(33-43)54(40-26-21-35(22-27-40)38-20-19-34-9-1-2-10-37(34)31-38)41-28-23-36(24-29-41)44-15-8-16-47-46-14-4-6-18-51(46)56-52(44)47/h1-33H. The summed E-state index contributed by atoms with van der Waals surface area (Å²) < 4.78 is 19.4. The average molecular weight is 737 g/mol. The SMILES string of the molecule is Fc1ccc2c(c1)c1ccccc1n2-c1cccc(N(c2ccc(-c3ccc4ccccc4c3)cc2)c2ccc(-c3cccc4c3sc3ccccc34)cc2)c1. The van der Waals surface area contributed by atoms with Crippen LogP contribution in [0.25, 0.3) is 80.7 Å². The molecule has 0 spiro atoms. The lowest BCUT2D eigenvalue weighted by atomic mass is 10.0. The van der Waals surface area contributed by atoms with Gasteiger partial charge in [-0.2, -0.15) is 0 Å². The molecule has 0 radical (unpaired) electrons. The molecule has 264 valence electrons. The highest BCUT2D eigenvalue weighted by Gasteiger charge is 2.18. The monoisotopic (exact) mass is 736 g/mol. The van der Waals surface area contributed by atoms with Crippen molar-refractivity contribution in [2.75, 3.05) is 4.90 Å². The molecule has 0 atom stereocenters. The van der Waals surface area contributed by atoms with Crippen LogP contribution >= 0.6 is 11.3 Å². The molecule has 0 aliphatic heterocycles. The molecule has 56 heavy (non-hydrogen) atoms. The van der Waals surface area contributed by atoms with Crippen molar-refractivity contribution < 1.29 is 4.39 Å². The Morgan fingerprint density at radius 2 is 1.07 bits per heavy atom. The van der Waals surface area contributed by atoms with E-state index in [1.807, 2.05) is 29.5 Å². The molecule has 4 heteroatoms. The molecule has 0 N–H and O–H groups in total. The maximum absolute atomic E-state index is 14.6. The molecule has 11 aromatic rings. The van der Waals surface area contributed by atoms with E-state index in [0.29, 0.717) is 0 Å². The van der Waals surface area contributed by atoms with Crippen LogP contribution in [0.4, 0.5) is 21.5 Å². The molecule has 0 aliphatic carbocycles. The van der Waals surface area contributed by atoms with Crippen molar-refractivity contribution >= 4 is 81.1 Å². The lowest BCUT2D eigenvalue weighted by molar-refractivity contribution is 0.629. The smallest absolute Gasteiger partial charge is 0.123 e. The number of anilines is 3. The molecular formula is C52H33FN2S. The Morgan fingerprint density at radius 1 is 0.411 bits per heavy atom. The molecule has 2 heterocycles. The molecule has 0 aliphatic rings. The number of halogens is 1. The van der Waals surface area contributed by atoms with Crippen molar-refractivity contribution in [3.8, 4) is 27.9 Å². The zero-order chi connectivity index (χ0) is 37.2. The van der Waals surface area contributed by atoms with E-state index in [1.54, 1.807) is 12.1 Å². The minimum atomic E-state index is -0.237. The lowest BCUT2D eigenvalue weighted by Crippen LogP contribution is -2.10. The summed E-state index contributed by atoms with van der Waals surface area (Å²) in [6.07, 6.45) is 0. The Labute approximate surface area is 327 Å².